The zero-order valence-corrected chi connectivity index (χ0v) is 8.42. The van der Waals surface area contributed by atoms with Gasteiger partial charge in [0.05, 0.1) is 0 Å². The molecule has 0 aromatic heterocycles. The maximum Gasteiger partial charge on any atom is 0.201 e. The first kappa shape index (κ1) is 10.2. The molecule has 4 N–H and O–H groups in total. The third-order valence-corrected chi connectivity index (χ3v) is 2.05. The van der Waals surface area contributed by atoms with Gasteiger partial charge < -0.3 is 20.7 Å². The minimum absolute atomic E-state index is 0.128. The normalized spacial score (nSPS) is 10.0. The maximum absolute atomic E-state index is 9.55. The van der Waals surface area contributed by atoms with Crippen LogP contribution in [0.25, 0.3) is 0 Å². The van der Waals surface area contributed by atoms with Crippen LogP contribution >= 0.6 is 0 Å². The fourth-order valence-corrected chi connectivity index (χ4v) is 1.31. The van der Waals surface area contributed by atoms with Gasteiger partial charge in [0.15, 0.2) is 11.5 Å². The second-order valence-corrected chi connectivity index (χ2v) is 3.30. The zero-order valence-electron chi connectivity index (χ0n) is 8.42. The Bertz CT molecular complexity index is 497. The number of nitrogen functional groups attached to an aromatic ring is 1. The summed E-state index contributed by atoms with van der Waals surface area (Å²) in [6.07, 6.45) is 0. The molecule has 0 fully saturated rings. The predicted molar refractivity (Wildman–Crippen MR) is 60.7 cm³/mol. The number of ether oxygens (including phenoxy) is 1. The lowest BCUT2D eigenvalue weighted by Gasteiger charge is -2.09. The highest BCUT2D eigenvalue weighted by Crippen LogP contribution is 2.39. The van der Waals surface area contributed by atoms with E-state index in [0.29, 0.717) is 11.4 Å². The van der Waals surface area contributed by atoms with Gasteiger partial charge in [-0.15, -0.1) is 0 Å². The first-order valence-electron chi connectivity index (χ1n) is 4.71. The molecule has 0 atom stereocenters. The average molecular weight is 217 g/mol. The molecule has 0 radical (unpaired) electrons. The highest BCUT2D eigenvalue weighted by molar-refractivity contribution is 5.60. The van der Waals surface area contributed by atoms with E-state index in [1.54, 1.807) is 24.3 Å². The first-order chi connectivity index (χ1) is 7.66. The van der Waals surface area contributed by atoms with Gasteiger partial charge in [-0.3, -0.25) is 0 Å². The van der Waals surface area contributed by atoms with Crippen LogP contribution in [0.4, 0.5) is 5.69 Å². The molecule has 0 heterocycles. The summed E-state index contributed by atoms with van der Waals surface area (Å²) in [6.45, 7) is 0. The number of para-hydroxylation sites is 1. The van der Waals surface area contributed by atoms with Crippen LogP contribution in [0.15, 0.2) is 42.5 Å². The summed E-state index contributed by atoms with van der Waals surface area (Å²) in [5, 5.41) is 18.9. The number of phenols is 2. The number of hydrogen-bond acceptors (Lipinski definition) is 4. The van der Waals surface area contributed by atoms with E-state index in [-0.39, 0.29) is 17.2 Å². The average Bonchev–Trinajstić information content (AvgIpc) is 2.27. The summed E-state index contributed by atoms with van der Waals surface area (Å²) in [5.74, 6) is 0.0653. The largest absolute Gasteiger partial charge is 0.504 e. The zero-order chi connectivity index (χ0) is 11.5. The van der Waals surface area contributed by atoms with Crippen molar-refractivity contribution in [1.82, 2.24) is 0 Å². The molecule has 0 aliphatic heterocycles. The van der Waals surface area contributed by atoms with Crippen molar-refractivity contribution >= 4 is 5.69 Å². The Labute approximate surface area is 92.5 Å². The quantitative estimate of drug-likeness (QED) is 0.410. The van der Waals surface area contributed by atoms with E-state index in [2.05, 4.69) is 0 Å². The van der Waals surface area contributed by atoms with Gasteiger partial charge in [-0.1, -0.05) is 18.2 Å². The smallest absolute Gasteiger partial charge is 0.201 e. The minimum Gasteiger partial charge on any atom is -0.504 e. The Balaban J connectivity index is 2.35. The van der Waals surface area contributed by atoms with E-state index in [0.717, 1.165) is 0 Å². The van der Waals surface area contributed by atoms with Crippen molar-refractivity contribution in [2.75, 3.05) is 5.73 Å². The second-order valence-electron chi connectivity index (χ2n) is 3.30. The monoisotopic (exact) mass is 217 g/mol. The molecule has 4 nitrogen and oxygen atoms in total. The Kier molecular flexibility index (Phi) is 2.55. The standard InChI is InChI=1S/C12H11NO3/c13-8-6-10(14)12(15)11(7-8)16-9-4-2-1-3-5-9/h1-7,14-15H,13H2. The van der Waals surface area contributed by atoms with Gasteiger partial charge >= 0.3 is 0 Å². The number of benzene rings is 2. The molecule has 0 bridgehead atoms. The molecule has 2 aromatic rings. The maximum atomic E-state index is 9.55. The molecule has 82 valence electrons. The van der Waals surface area contributed by atoms with Gasteiger partial charge in [0.1, 0.15) is 5.75 Å². The second kappa shape index (κ2) is 4.02. The Hall–Kier alpha value is -2.36. The van der Waals surface area contributed by atoms with Crippen molar-refractivity contribution in [1.29, 1.82) is 0 Å². The summed E-state index contributed by atoms with van der Waals surface area (Å²) in [5.41, 5.74) is 5.85. The highest BCUT2D eigenvalue weighted by Gasteiger charge is 2.09. The summed E-state index contributed by atoms with van der Waals surface area (Å²) in [6, 6.07) is 11.6. The van der Waals surface area contributed by atoms with Gasteiger partial charge in [-0.2, -0.15) is 0 Å². The van der Waals surface area contributed by atoms with Crippen LogP contribution in [0.2, 0.25) is 0 Å². The minimum atomic E-state index is -0.321. The van der Waals surface area contributed by atoms with Crippen molar-refractivity contribution in [2.45, 2.75) is 0 Å². The summed E-state index contributed by atoms with van der Waals surface area (Å²) < 4.78 is 5.38. The van der Waals surface area contributed by atoms with E-state index in [9.17, 15) is 10.2 Å². The number of aromatic hydroxyl groups is 2. The molecule has 0 saturated carbocycles. The van der Waals surface area contributed by atoms with Crippen LogP contribution in [0.3, 0.4) is 0 Å². The number of phenolic OH excluding ortho intramolecular Hbond substituents is 2. The Morgan fingerprint density at radius 3 is 2.38 bits per heavy atom. The molecular formula is C12H11NO3. The highest BCUT2D eigenvalue weighted by atomic mass is 16.5. The molecule has 16 heavy (non-hydrogen) atoms. The van der Waals surface area contributed by atoms with Crippen LogP contribution in [0.5, 0.6) is 23.0 Å². The third kappa shape index (κ3) is 2.00. The molecule has 0 aliphatic carbocycles. The Morgan fingerprint density at radius 2 is 1.69 bits per heavy atom. The number of nitrogens with two attached hydrogens (primary N) is 1. The topological polar surface area (TPSA) is 75.7 Å². The van der Waals surface area contributed by atoms with E-state index >= 15 is 0 Å². The van der Waals surface area contributed by atoms with Crippen LogP contribution in [0.1, 0.15) is 0 Å². The van der Waals surface area contributed by atoms with Crippen molar-refractivity contribution in [3.63, 3.8) is 0 Å². The van der Waals surface area contributed by atoms with E-state index < -0.39 is 0 Å². The molecule has 0 saturated heterocycles. The molecule has 0 unspecified atom stereocenters. The van der Waals surface area contributed by atoms with Crippen molar-refractivity contribution < 1.29 is 14.9 Å². The number of anilines is 1. The predicted octanol–water partition coefficient (Wildman–Crippen LogP) is 2.47. The van der Waals surface area contributed by atoms with Gasteiger partial charge in [0, 0.05) is 17.8 Å². The molecule has 2 rings (SSSR count). The SMILES string of the molecule is Nc1cc(O)c(O)c(Oc2ccccc2)c1. The summed E-state index contributed by atoms with van der Waals surface area (Å²) >= 11 is 0. The van der Waals surface area contributed by atoms with Crippen LogP contribution < -0.4 is 10.5 Å². The first-order valence-corrected chi connectivity index (χ1v) is 4.71. The van der Waals surface area contributed by atoms with E-state index in [4.69, 9.17) is 10.5 Å². The van der Waals surface area contributed by atoms with Gasteiger partial charge in [-0.05, 0) is 12.1 Å². The fraction of sp³-hybridized carbons (Fsp3) is 0. The van der Waals surface area contributed by atoms with Crippen molar-refractivity contribution in [3.8, 4) is 23.0 Å². The van der Waals surface area contributed by atoms with Gasteiger partial charge in [-0.25, -0.2) is 0 Å². The summed E-state index contributed by atoms with van der Waals surface area (Å²) in [7, 11) is 0. The number of hydrogen-bond donors (Lipinski definition) is 3. The van der Waals surface area contributed by atoms with Gasteiger partial charge in [0.25, 0.3) is 0 Å². The number of rotatable bonds is 2. The lowest BCUT2D eigenvalue weighted by Crippen LogP contribution is -1.89. The van der Waals surface area contributed by atoms with E-state index in [1.807, 2.05) is 6.07 Å². The van der Waals surface area contributed by atoms with Crippen LogP contribution in [-0.4, -0.2) is 10.2 Å². The third-order valence-electron chi connectivity index (χ3n) is 2.05. The van der Waals surface area contributed by atoms with Crippen molar-refractivity contribution in [3.05, 3.63) is 42.5 Å². The molecule has 0 aliphatic rings. The fourth-order valence-electron chi connectivity index (χ4n) is 1.31. The molecule has 2 aromatic carbocycles. The Morgan fingerprint density at radius 1 is 1.00 bits per heavy atom. The van der Waals surface area contributed by atoms with Crippen molar-refractivity contribution in [2.24, 2.45) is 0 Å². The van der Waals surface area contributed by atoms with Gasteiger partial charge in [0.2, 0.25) is 5.75 Å². The molecular weight excluding hydrogens is 206 g/mol. The molecule has 4 heteroatoms. The van der Waals surface area contributed by atoms with Crippen LogP contribution in [0, 0.1) is 0 Å². The lowest BCUT2D eigenvalue weighted by atomic mass is 10.2. The van der Waals surface area contributed by atoms with E-state index in [1.165, 1.54) is 12.1 Å². The van der Waals surface area contributed by atoms with Crippen LogP contribution in [-0.2, 0) is 0 Å². The molecule has 0 amide bonds. The lowest BCUT2D eigenvalue weighted by molar-refractivity contribution is 0.373. The summed E-state index contributed by atoms with van der Waals surface area (Å²) in [4.78, 5) is 0. The molecule has 0 spiro atoms.